The van der Waals surface area contributed by atoms with Crippen molar-refractivity contribution in [3.05, 3.63) is 59.7 Å². The van der Waals surface area contributed by atoms with E-state index >= 15 is 0 Å². The van der Waals surface area contributed by atoms with E-state index in [1.54, 1.807) is 0 Å². The third kappa shape index (κ3) is 6.77. The first-order valence-corrected chi connectivity index (χ1v) is 11.7. The molecule has 1 aliphatic rings. The molecule has 1 aliphatic carbocycles. The predicted octanol–water partition coefficient (Wildman–Crippen LogP) is 4.56. The van der Waals surface area contributed by atoms with Gasteiger partial charge in [-0.2, -0.15) is 8.78 Å². The normalized spacial score (nSPS) is 13.5. The summed E-state index contributed by atoms with van der Waals surface area (Å²) in [5.74, 6) is -6.83. The number of aliphatic carboxylic acids is 1. The summed E-state index contributed by atoms with van der Waals surface area (Å²) >= 11 is 0. The van der Waals surface area contributed by atoms with Crippen LogP contribution < -0.4 is 10.6 Å². The molecule has 0 fully saturated rings. The number of carboxylic acid groups (broad SMARTS) is 1. The minimum atomic E-state index is -3.99. The molecular weight excluding hydrogens is 458 g/mol. The molecule has 0 saturated heterocycles. The molecule has 2 aromatic rings. The van der Waals surface area contributed by atoms with Gasteiger partial charge in [0.1, 0.15) is 6.61 Å². The second kappa shape index (κ2) is 11.8. The summed E-state index contributed by atoms with van der Waals surface area (Å²) in [5.41, 5.74) is 4.57. The van der Waals surface area contributed by atoms with E-state index in [-0.39, 0.29) is 24.9 Å². The van der Waals surface area contributed by atoms with Crippen LogP contribution in [0.4, 0.5) is 13.6 Å². The minimum Gasteiger partial charge on any atom is -0.477 e. The maximum absolute atomic E-state index is 13.1. The molecule has 2 amide bonds. The second-order valence-corrected chi connectivity index (χ2v) is 8.64. The molecule has 3 N–H and O–H groups in total. The van der Waals surface area contributed by atoms with Crippen molar-refractivity contribution in [3.8, 4) is 11.1 Å². The molecule has 3 rings (SSSR count). The smallest absolute Gasteiger partial charge is 0.407 e. The average molecular weight is 489 g/mol. The van der Waals surface area contributed by atoms with Crippen molar-refractivity contribution < 1.29 is 33.0 Å². The molecule has 0 radical (unpaired) electrons. The molecule has 188 valence electrons. The molecular formula is C26H30F2N2O5. The lowest BCUT2D eigenvalue weighted by atomic mass is 9.96. The third-order valence-corrected chi connectivity index (χ3v) is 6.34. The fourth-order valence-electron chi connectivity index (χ4n) is 4.29. The quantitative estimate of drug-likeness (QED) is 0.406. The summed E-state index contributed by atoms with van der Waals surface area (Å²) < 4.78 is 31.6. The number of halogens is 2. The van der Waals surface area contributed by atoms with E-state index in [2.05, 4.69) is 17.4 Å². The van der Waals surface area contributed by atoms with Crippen LogP contribution >= 0.6 is 0 Å². The Hall–Kier alpha value is -3.49. The van der Waals surface area contributed by atoms with Crippen molar-refractivity contribution in [2.24, 2.45) is 5.92 Å². The first-order chi connectivity index (χ1) is 16.7. The zero-order valence-electron chi connectivity index (χ0n) is 19.6. The fourth-order valence-corrected chi connectivity index (χ4v) is 4.29. The molecule has 7 nitrogen and oxygen atoms in total. The van der Waals surface area contributed by atoms with E-state index < -0.39 is 30.4 Å². The molecule has 0 aliphatic heterocycles. The number of hydrogen-bond acceptors (Lipinski definition) is 4. The number of alkyl carbamates (subject to hydrolysis) is 1. The molecule has 1 atom stereocenters. The monoisotopic (exact) mass is 488 g/mol. The number of carbonyl (C=O) groups is 3. The Morgan fingerprint density at radius 2 is 1.60 bits per heavy atom. The highest BCUT2D eigenvalue weighted by molar-refractivity contribution is 5.80. The fraction of sp³-hybridized carbons (Fsp3) is 0.423. The zero-order chi connectivity index (χ0) is 25.4. The van der Waals surface area contributed by atoms with Gasteiger partial charge in [-0.15, -0.1) is 0 Å². The molecule has 1 unspecified atom stereocenters. The van der Waals surface area contributed by atoms with Crippen LogP contribution in [0, 0.1) is 5.92 Å². The van der Waals surface area contributed by atoms with Crippen LogP contribution in [0.3, 0.4) is 0 Å². The Morgan fingerprint density at radius 1 is 1.00 bits per heavy atom. The lowest BCUT2D eigenvalue weighted by Crippen LogP contribution is -2.42. The highest BCUT2D eigenvalue weighted by atomic mass is 19.3. The number of benzene rings is 2. The Bertz CT molecular complexity index is 1010. The lowest BCUT2D eigenvalue weighted by Gasteiger charge is -2.17. The van der Waals surface area contributed by atoms with Crippen LogP contribution in [0.15, 0.2) is 48.5 Å². The van der Waals surface area contributed by atoms with Crippen molar-refractivity contribution in [3.63, 3.8) is 0 Å². The molecule has 35 heavy (non-hydrogen) atoms. The highest BCUT2D eigenvalue weighted by Crippen LogP contribution is 2.44. The summed E-state index contributed by atoms with van der Waals surface area (Å²) in [6, 6.07) is 16.2. The largest absolute Gasteiger partial charge is 0.477 e. The average Bonchev–Trinajstić information content (AvgIpc) is 3.17. The van der Waals surface area contributed by atoms with Crippen LogP contribution in [0.1, 0.15) is 49.7 Å². The number of fused-ring (bicyclic) bond motifs is 3. The number of ether oxygens (including phenoxy) is 1. The minimum absolute atomic E-state index is 0.000843. The van der Waals surface area contributed by atoms with Crippen LogP contribution in [0.25, 0.3) is 11.1 Å². The molecule has 0 heterocycles. The first-order valence-electron chi connectivity index (χ1n) is 11.7. The first kappa shape index (κ1) is 26.1. The van der Waals surface area contributed by atoms with Gasteiger partial charge in [-0.05, 0) is 41.0 Å². The topological polar surface area (TPSA) is 105 Å². The number of carboxylic acids is 1. The Morgan fingerprint density at radius 3 is 2.17 bits per heavy atom. The van der Waals surface area contributed by atoms with Crippen LogP contribution in [-0.4, -0.2) is 48.7 Å². The van der Waals surface area contributed by atoms with Crippen molar-refractivity contribution in [1.82, 2.24) is 10.6 Å². The maximum atomic E-state index is 13.1. The van der Waals surface area contributed by atoms with Gasteiger partial charge in [-0.1, -0.05) is 61.9 Å². The SMILES string of the molecule is CCC(CCNC(=O)OCC1c2ccccc2-c2ccccc21)CCC(=O)NCC(F)(F)C(=O)O. The van der Waals surface area contributed by atoms with E-state index in [1.165, 1.54) is 0 Å². The van der Waals surface area contributed by atoms with E-state index in [0.717, 1.165) is 28.7 Å². The predicted molar refractivity (Wildman–Crippen MR) is 126 cm³/mol. The standard InChI is InChI=1S/C26H30F2N2O5/c1-2-17(11-12-23(31)30-16-26(27,28)24(32)33)13-14-29-25(34)35-15-22-20-9-5-3-7-18(20)19-8-4-6-10-21(19)22/h3-10,17,22H,2,11-16H2,1H3,(H,29,34)(H,30,31)(H,32,33). The number of nitrogens with one attached hydrogen (secondary N) is 2. The van der Waals surface area contributed by atoms with Crippen molar-refractivity contribution in [2.45, 2.75) is 44.4 Å². The Balaban J connectivity index is 1.39. The van der Waals surface area contributed by atoms with Gasteiger partial charge in [0, 0.05) is 18.9 Å². The maximum Gasteiger partial charge on any atom is 0.407 e. The van der Waals surface area contributed by atoms with Gasteiger partial charge in [-0.25, -0.2) is 9.59 Å². The van der Waals surface area contributed by atoms with Gasteiger partial charge in [0.05, 0.1) is 6.54 Å². The summed E-state index contributed by atoms with van der Waals surface area (Å²) in [4.78, 5) is 34.5. The number of rotatable bonds is 12. The zero-order valence-corrected chi connectivity index (χ0v) is 19.6. The number of hydrogen-bond donors (Lipinski definition) is 3. The van der Waals surface area contributed by atoms with Gasteiger partial charge in [0.15, 0.2) is 0 Å². The van der Waals surface area contributed by atoms with Crippen molar-refractivity contribution in [2.75, 3.05) is 19.7 Å². The van der Waals surface area contributed by atoms with Gasteiger partial charge in [0.2, 0.25) is 5.91 Å². The van der Waals surface area contributed by atoms with Crippen LogP contribution in [0.5, 0.6) is 0 Å². The number of alkyl halides is 2. The molecule has 0 spiro atoms. The number of amides is 2. The van der Waals surface area contributed by atoms with Gasteiger partial charge < -0.3 is 20.5 Å². The summed E-state index contributed by atoms with van der Waals surface area (Å²) in [5, 5.41) is 13.1. The van der Waals surface area contributed by atoms with E-state index in [4.69, 9.17) is 9.84 Å². The lowest BCUT2D eigenvalue weighted by molar-refractivity contribution is -0.164. The second-order valence-electron chi connectivity index (χ2n) is 8.64. The van der Waals surface area contributed by atoms with Gasteiger partial charge in [0.25, 0.3) is 0 Å². The summed E-state index contributed by atoms with van der Waals surface area (Å²) in [6.45, 7) is 1.28. The van der Waals surface area contributed by atoms with Crippen molar-refractivity contribution in [1.29, 1.82) is 0 Å². The van der Waals surface area contributed by atoms with E-state index in [1.807, 2.05) is 48.6 Å². The van der Waals surface area contributed by atoms with Gasteiger partial charge in [-0.3, -0.25) is 4.79 Å². The van der Waals surface area contributed by atoms with Crippen molar-refractivity contribution >= 4 is 18.0 Å². The van der Waals surface area contributed by atoms with Crippen LogP contribution in [-0.2, 0) is 14.3 Å². The number of carbonyl (C=O) groups excluding carboxylic acids is 2. The third-order valence-electron chi connectivity index (χ3n) is 6.34. The van der Waals surface area contributed by atoms with E-state index in [9.17, 15) is 23.2 Å². The Labute approximate surface area is 202 Å². The molecule has 2 aromatic carbocycles. The van der Waals surface area contributed by atoms with Crippen LogP contribution in [0.2, 0.25) is 0 Å². The highest BCUT2D eigenvalue weighted by Gasteiger charge is 2.39. The van der Waals surface area contributed by atoms with E-state index in [0.29, 0.717) is 19.4 Å². The van der Waals surface area contributed by atoms with Gasteiger partial charge >= 0.3 is 18.0 Å². The molecule has 9 heteroatoms. The Kier molecular flexibility index (Phi) is 8.78. The molecule has 0 aromatic heterocycles. The molecule has 0 bridgehead atoms. The summed E-state index contributed by atoms with van der Waals surface area (Å²) in [7, 11) is 0. The molecule has 0 saturated carbocycles. The summed E-state index contributed by atoms with van der Waals surface area (Å²) in [6.07, 6.45) is 1.26.